The lowest BCUT2D eigenvalue weighted by atomic mass is 9.89. The number of morpholine rings is 1. The van der Waals surface area contributed by atoms with Gasteiger partial charge in [0.1, 0.15) is 0 Å². The molecule has 1 saturated carbocycles. The van der Waals surface area contributed by atoms with Crippen molar-refractivity contribution in [1.82, 2.24) is 9.88 Å². The van der Waals surface area contributed by atoms with Crippen LogP contribution in [0.2, 0.25) is 0 Å². The van der Waals surface area contributed by atoms with E-state index >= 15 is 0 Å². The van der Waals surface area contributed by atoms with Crippen molar-refractivity contribution in [2.75, 3.05) is 26.3 Å². The Labute approximate surface area is 177 Å². The van der Waals surface area contributed by atoms with Crippen LogP contribution in [0.3, 0.4) is 0 Å². The average Bonchev–Trinajstić information content (AvgIpc) is 3.07. The first-order chi connectivity index (χ1) is 14.5. The van der Waals surface area contributed by atoms with Gasteiger partial charge in [0.05, 0.1) is 43.2 Å². The normalized spacial score (nSPS) is 23.6. The quantitative estimate of drug-likeness (QED) is 0.709. The number of alkyl halides is 3. The molecule has 1 aliphatic heterocycles. The molecular formula is C20H26F4N2O5. The summed E-state index contributed by atoms with van der Waals surface area (Å²) < 4.78 is 57.6. The summed E-state index contributed by atoms with van der Waals surface area (Å²) in [5.41, 5.74) is -0.276. The van der Waals surface area contributed by atoms with Crippen LogP contribution in [0.5, 0.6) is 0 Å². The number of nitrogens with zero attached hydrogens (tertiary/aromatic N) is 2. The third-order valence-corrected chi connectivity index (χ3v) is 5.27. The first-order valence-corrected chi connectivity index (χ1v) is 9.91. The molecule has 2 aliphatic rings. The molecular weight excluding hydrogens is 424 g/mol. The van der Waals surface area contributed by atoms with E-state index in [1.807, 2.05) is 13.8 Å². The Kier molecular flexibility index (Phi) is 8.35. The largest absolute Gasteiger partial charge is 0.490 e. The number of halogens is 4. The molecule has 2 atom stereocenters. The predicted molar refractivity (Wildman–Crippen MR) is 101 cm³/mol. The zero-order valence-electron chi connectivity index (χ0n) is 17.3. The van der Waals surface area contributed by atoms with Gasteiger partial charge in [0.25, 0.3) is 5.91 Å². The fourth-order valence-electron chi connectivity index (χ4n) is 3.76. The number of carboxylic acids is 1. The highest BCUT2D eigenvalue weighted by molar-refractivity contribution is 5.94. The summed E-state index contributed by atoms with van der Waals surface area (Å²) in [5.74, 6) is -3.34. The molecule has 1 spiro atoms. The number of amides is 1. The van der Waals surface area contributed by atoms with Gasteiger partial charge in [-0.3, -0.25) is 9.78 Å². The number of carbonyl (C=O) groups excluding carboxylic acids is 1. The maximum Gasteiger partial charge on any atom is 0.490 e. The Morgan fingerprint density at radius 3 is 2.68 bits per heavy atom. The van der Waals surface area contributed by atoms with Gasteiger partial charge in [-0.05, 0) is 32.8 Å². The number of hydrogen-bond donors (Lipinski definition) is 1. The Morgan fingerprint density at radius 2 is 2.10 bits per heavy atom. The molecule has 1 N–H and O–H groups in total. The summed E-state index contributed by atoms with van der Waals surface area (Å²) >= 11 is 0. The molecule has 174 valence electrons. The fraction of sp³-hybridized carbons (Fsp3) is 0.650. The molecule has 0 unspecified atom stereocenters. The molecule has 0 radical (unpaired) electrons. The first-order valence-electron chi connectivity index (χ1n) is 9.91. The number of carboxylic acid groups (broad SMARTS) is 1. The lowest BCUT2D eigenvalue weighted by Crippen LogP contribution is -2.56. The van der Waals surface area contributed by atoms with Gasteiger partial charge >= 0.3 is 12.1 Å². The van der Waals surface area contributed by atoms with E-state index in [0.29, 0.717) is 26.3 Å². The number of hydrogen-bond acceptors (Lipinski definition) is 5. The minimum atomic E-state index is -5.08. The van der Waals surface area contributed by atoms with Gasteiger partial charge in [0.2, 0.25) is 0 Å². The third kappa shape index (κ3) is 6.60. The molecule has 11 heteroatoms. The first kappa shape index (κ1) is 25.0. The fourth-order valence-corrected chi connectivity index (χ4v) is 3.76. The van der Waals surface area contributed by atoms with Crippen molar-refractivity contribution < 1.29 is 41.7 Å². The number of aromatic nitrogens is 1. The Hall–Kier alpha value is -2.27. The van der Waals surface area contributed by atoms with E-state index in [4.69, 9.17) is 19.4 Å². The van der Waals surface area contributed by atoms with Gasteiger partial charge in [-0.15, -0.1) is 0 Å². The van der Waals surface area contributed by atoms with Crippen molar-refractivity contribution in [2.24, 2.45) is 5.92 Å². The van der Waals surface area contributed by atoms with Crippen LogP contribution in [-0.2, 0) is 14.3 Å². The lowest BCUT2D eigenvalue weighted by molar-refractivity contribution is -0.192. The van der Waals surface area contributed by atoms with Crippen LogP contribution in [0.1, 0.15) is 43.5 Å². The second kappa shape index (κ2) is 10.4. The van der Waals surface area contributed by atoms with Crippen LogP contribution in [0.15, 0.2) is 18.5 Å². The van der Waals surface area contributed by atoms with E-state index in [1.165, 1.54) is 12.3 Å². The van der Waals surface area contributed by atoms with Crippen LogP contribution in [0, 0.1) is 11.7 Å². The highest BCUT2D eigenvalue weighted by atomic mass is 19.4. The number of carbonyl (C=O) groups is 2. The van der Waals surface area contributed by atoms with Gasteiger partial charge in [0, 0.05) is 18.7 Å². The summed E-state index contributed by atoms with van der Waals surface area (Å²) in [6.07, 6.45) is 0.646. The number of aliphatic carboxylic acids is 1. The smallest absolute Gasteiger partial charge is 0.475 e. The number of rotatable bonds is 4. The molecule has 2 fully saturated rings. The minimum absolute atomic E-state index is 0.0787. The Bertz CT molecular complexity index is 774. The Morgan fingerprint density at radius 1 is 1.42 bits per heavy atom. The van der Waals surface area contributed by atoms with E-state index in [9.17, 15) is 22.4 Å². The molecule has 1 aliphatic carbocycles. The average molecular weight is 450 g/mol. The zero-order chi connectivity index (χ0) is 23.2. The van der Waals surface area contributed by atoms with Crippen molar-refractivity contribution in [1.29, 1.82) is 0 Å². The van der Waals surface area contributed by atoms with Crippen LogP contribution in [0.25, 0.3) is 0 Å². The van der Waals surface area contributed by atoms with Gasteiger partial charge in [-0.1, -0.05) is 6.42 Å². The highest BCUT2D eigenvalue weighted by Gasteiger charge is 2.48. The molecule has 1 aromatic heterocycles. The second-order valence-electron chi connectivity index (χ2n) is 7.77. The van der Waals surface area contributed by atoms with E-state index in [2.05, 4.69) is 4.98 Å². The molecule has 2 heterocycles. The Balaban J connectivity index is 0.000000423. The predicted octanol–water partition coefficient (Wildman–Crippen LogP) is 3.29. The number of ether oxygens (including phenoxy) is 2. The van der Waals surface area contributed by atoms with Gasteiger partial charge in [0.15, 0.2) is 5.82 Å². The van der Waals surface area contributed by atoms with Crippen LogP contribution < -0.4 is 0 Å². The second-order valence-corrected chi connectivity index (χ2v) is 7.77. The maximum atomic E-state index is 13.9. The van der Waals surface area contributed by atoms with Crippen molar-refractivity contribution in [3.05, 3.63) is 29.8 Å². The summed E-state index contributed by atoms with van der Waals surface area (Å²) in [6, 6.07) is 1.44. The molecule has 1 saturated heterocycles. The third-order valence-electron chi connectivity index (χ3n) is 5.27. The topological polar surface area (TPSA) is 89.0 Å². The van der Waals surface area contributed by atoms with Crippen molar-refractivity contribution in [2.45, 2.75) is 51.0 Å². The number of pyridine rings is 1. The zero-order valence-corrected chi connectivity index (χ0v) is 17.3. The van der Waals surface area contributed by atoms with Crippen LogP contribution in [0.4, 0.5) is 17.6 Å². The molecule has 0 aromatic carbocycles. The SMILES string of the molecule is CC(C)OC[C@H]1CCC[C@]12CN(C(=O)c1ccncc1F)CCO2.O=C(O)C(F)(F)F. The summed E-state index contributed by atoms with van der Waals surface area (Å²) in [6.45, 7) is 6.15. The van der Waals surface area contributed by atoms with Crippen LogP contribution in [-0.4, -0.2) is 71.1 Å². The van der Waals surface area contributed by atoms with Gasteiger partial charge < -0.3 is 19.5 Å². The van der Waals surface area contributed by atoms with Crippen molar-refractivity contribution in [3.63, 3.8) is 0 Å². The van der Waals surface area contributed by atoms with Crippen molar-refractivity contribution >= 4 is 11.9 Å². The standard InChI is InChI=1S/C18H25FN2O3.C2HF3O2/c1-13(2)23-11-14-4-3-6-18(14)12-21(8-9-24-18)17(22)15-5-7-20-10-16(15)19;3-2(4,5)1(6)7/h5,7,10,13-14H,3-4,6,8-9,11-12H2,1-2H3;(H,6,7)/t14-,18+;/m1./s1. The molecule has 31 heavy (non-hydrogen) atoms. The monoisotopic (exact) mass is 450 g/mol. The molecule has 1 aromatic rings. The van der Waals surface area contributed by atoms with E-state index in [1.54, 1.807) is 4.90 Å². The highest BCUT2D eigenvalue weighted by Crippen LogP contribution is 2.41. The van der Waals surface area contributed by atoms with E-state index < -0.39 is 18.0 Å². The van der Waals surface area contributed by atoms with E-state index in [-0.39, 0.29) is 29.1 Å². The summed E-state index contributed by atoms with van der Waals surface area (Å²) in [5, 5.41) is 7.12. The lowest BCUT2D eigenvalue weighted by Gasteiger charge is -2.44. The van der Waals surface area contributed by atoms with Crippen LogP contribution >= 0.6 is 0 Å². The van der Waals surface area contributed by atoms with Gasteiger partial charge in [-0.2, -0.15) is 13.2 Å². The molecule has 1 amide bonds. The van der Waals surface area contributed by atoms with E-state index in [0.717, 1.165) is 25.5 Å². The molecule has 0 bridgehead atoms. The van der Waals surface area contributed by atoms with Crippen molar-refractivity contribution in [3.8, 4) is 0 Å². The minimum Gasteiger partial charge on any atom is -0.475 e. The summed E-state index contributed by atoms with van der Waals surface area (Å²) in [4.78, 5) is 27.0. The van der Waals surface area contributed by atoms with Gasteiger partial charge in [-0.25, -0.2) is 9.18 Å². The molecule has 3 rings (SSSR count). The summed E-state index contributed by atoms with van der Waals surface area (Å²) in [7, 11) is 0. The maximum absolute atomic E-state index is 13.9. The molecule has 7 nitrogen and oxygen atoms in total.